The molecule has 0 aliphatic heterocycles. The lowest BCUT2D eigenvalue weighted by Gasteiger charge is -1.99. The van der Waals surface area contributed by atoms with Crippen LogP contribution in [0.15, 0.2) is 30.3 Å². The van der Waals surface area contributed by atoms with Crippen molar-refractivity contribution in [1.82, 2.24) is 0 Å². The molecule has 0 amide bonds. The van der Waals surface area contributed by atoms with Gasteiger partial charge in [0.1, 0.15) is 5.82 Å². The van der Waals surface area contributed by atoms with Gasteiger partial charge in [0.2, 0.25) is 0 Å². The molecule has 0 fully saturated rings. The predicted molar refractivity (Wildman–Crippen MR) is 45.7 cm³/mol. The summed E-state index contributed by atoms with van der Waals surface area (Å²) in [5, 5.41) is 8.34. The third kappa shape index (κ3) is 1.70. The van der Waals surface area contributed by atoms with Crippen molar-refractivity contribution in [3.05, 3.63) is 41.7 Å². The quantitative estimate of drug-likeness (QED) is 0.581. The van der Waals surface area contributed by atoms with E-state index in [1.165, 1.54) is 12.1 Å². The van der Waals surface area contributed by atoms with Crippen molar-refractivity contribution in [2.75, 3.05) is 0 Å². The van der Waals surface area contributed by atoms with Gasteiger partial charge in [-0.25, -0.2) is 4.39 Å². The summed E-state index contributed by atoms with van der Waals surface area (Å²) < 4.78 is 13.0. The predicted octanol–water partition coefficient (Wildman–Crippen LogP) is 2.75. The van der Waals surface area contributed by atoms with Crippen molar-refractivity contribution < 1.29 is 4.39 Å². The molecule has 1 aromatic rings. The summed E-state index contributed by atoms with van der Waals surface area (Å²) in [6.45, 7) is 1.71. The molecule has 0 saturated carbocycles. The molecule has 0 spiro atoms. The average Bonchev–Trinajstić information content (AvgIpc) is 2.05. The van der Waals surface area contributed by atoms with Crippen LogP contribution in [0.25, 0.3) is 5.57 Å². The highest BCUT2D eigenvalue weighted by atomic mass is 19.1. The Labute approximate surface area is 70.8 Å². The molecule has 0 saturated heterocycles. The number of nitriles is 1. The van der Waals surface area contributed by atoms with E-state index < -0.39 is 0 Å². The van der Waals surface area contributed by atoms with Crippen LogP contribution in [-0.2, 0) is 0 Å². The van der Waals surface area contributed by atoms with E-state index in [0.29, 0.717) is 11.1 Å². The minimum absolute atomic E-state index is 0.290. The molecule has 0 unspecified atom stereocenters. The van der Waals surface area contributed by atoms with Crippen LogP contribution in [0, 0.1) is 17.1 Å². The summed E-state index contributed by atoms with van der Waals surface area (Å²) in [4.78, 5) is 0. The number of halogens is 1. The second-order valence-electron chi connectivity index (χ2n) is 2.44. The first kappa shape index (κ1) is 8.48. The Bertz CT molecular complexity index is 347. The van der Waals surface area contributed by atoms with Gasteiger partial charge < -0.3 is 0 Å². The van der Waals surface area contributed by atoms with Crippen LogP contribution >= 0.6 is 0 Å². The first-order valence-corrected chi connectivity index (χ1v) is 3.57. The third-order valence-corrected chi connectivity index (χ3v) is 1.58. The van der Waals surface area contributed by atoms with Gasteiger partial charge in [0.15, 0.2) is 0 Å². The molecule has 0 aliphatic rings. The number of nitrogens with zero attached hydrogens (tertiary/aromatic N) is 1. The molecule has 0 aromatic heterocycles. The smallest absolute Gasteiger partial charge is 0.130 e. The summed E-state index contributed by atoms with van der Waals surface area (Å²) >= 11 is 0. The number of benzene rings is 1. The van der Waals surface area contributed by atoms with Gasteiger partial charge in [-0.2, -0.15) is 5.26 Å². The van der Waals surface area contributed by atoms with Crippen LogP contribution in [0.5, 0.6) is 0 Å². The molecule has 0 heterocycles. The first-order valence-electron chi connectivity index (χ1n) is 3.57. The van der Waals surface area contributed by atoms with E-state index in [1.807, 2.05) is 6.07 Å². The van der Waals surface area contributed by atoms with Gasteiger partial charge in [0, 0.05) is 11.6 Å². The zero-order chi connectivity index (χ0) is 8.97. The normalized spacial score (nSPS) is 10.9. The molecule has 0 bridgehead atoms. The molecule has 0 N–H and O–H groups in total. The van der Waals surface area contributed by atoms with Crippen molar-refractivity contribution in [2.24, 2.45) is 0 Å². The van der Waals surface area contributed by atoms with Gasteiger partial charge in [-0.05, 0) is 18.6 Å². The molecule has 0 atom stereocenters. The highest BCUT2D eigenvalue weighted by Crippen LogP contribution is 2.16. The van der Waals surface area contributed by atoms with Crippen LogP contribution < -0.4 is 0 Å². The van der Waals surface area contributed by atoms with Gasteiger partial charge in [-0.3, -0.25) is 0 Å². The molecule has 1 nitrogen and oxygen atoms in total. The molecule has 60 valence electrons. The minimum atomic E-state index is -0.290. The lowest BCUT2D eigenvalue weighted by Crippen LogP contribution is -1.84. The molecule has 2 heteroatoms. The highest BCUT2D eigenvalue weighted by Gasteiger charge is 2.00. The largest absolute Gasteiger partial charge is 0.206 e. The van der Waals surface area contributed by atoms with Gasteiger partial charge in [0.25, 0.3) is 0 Å². The molecule has 0 radical (unpaired) electrons. The van der Waals surface area contributed by atoms with Gasteiger partial charge in [0.05, 0.1) is 6.07 Å². The second-order valence-corrected chi connectivity index (χ2v) is 2.44. The summed E-state index contributed by atoms with van der Waals surface area (Å²) in [5.41, 5.74) is 1.13. The second kappa shape index (κ2) is 3.68. The highest BCUT2D eigenvalue weighted by molar-refractivity contribution is 5.65. The van der Waals surface area contributed by atoms with Gasteiger partial charge >= 0.3 is 0 Å². The van der Waals surface area contributed by atoms with Gasteiger partial charge in [-0.15, -0.1) is 0 Å². The Kier molecular flexibility index (Phi) is 2.60. The minimum Gasteiger partial charge on any atom is -0.206 e. The topological polar surface area (TPSA) is 23.8 Å². The summed E-state index contributed by atoms with van der Waals surface area (Å²) in [5.74, 6) is -0.290. The van der Waals surface area contributed by atoms with Crippen molar-refractivity contribution in [3.63, 3.8) is 0 Å². The summed E-state index contributed by atoms with van der Waals surface area (Å²) in [6.07, 6.45) is 1.33. The van der Waals surface area contributed by atoms with E-state index in [0.717, 1.165) is 0 Å². The molecule has 1 aromatic carbocycles. The van der Waals surface area contributed by atoms with E-state index in [-0.39, 0.29) is 5.82 Å². The fourth-order valence-corrected chi connectivity index (χ4v) is 0.956. The Morgan fingerprint density at radius 3 is 2.75 bits per heavy atom. The van der Waals surface area contributed by atoms with Crippen LogP contribution in [0.2, 0.25) is 0 Å². The van der Waals surface area contributed by atoms with Gasteiger partial charge in [-0.1, -0.05) is 18.2 Å². The van der Waals surface area contributed by atoms with E-state index in [4.69, 9.17) is 5.26 Å². The van der Waals surface area contributed by atoms with Crippen molar-refractivity contribution in [3.8, 4) is 6.07 Å². The molecule has 12 heavy (non-hydrogen) atoms. The number of rotatable bonds is 1. The van der Waals surface area contributed by atoms with E-state index in [2.05, 4.69) is 0 Å². The molecule has 0 aliphatic carbocycles. The number of allylic oxidation sites excluding steroid dienone is 2. The van der Waals surface area contributed by atoms with E-state index >= 15 is 0 Å². The maximum absolute atomic E-state index is 13.0. The van der Waals surface area contributed by atoms with Crippen LogP contribution in [0.4, 0.5) is 4.39 Å². The van der Waals surface area contributed by atoms with Crippen molar-refractivity contribution in [2.45, 2.75) is 6.92 Å². The SMILES string of the molecule is C/C(=C\C#N)c1ccccc1F. The molecular weight excluding hydrogens is 153 g/mol. The summed E-state index contributed by atoms with van der Waals surface area (Å²) in [7, 11) is 0. The zero-order valence-electron chi connectivity index (χ0n) is 6.71. The fraction of sp³-hybridized carbons (Fsp3) is 0.100. The maximum Gasteiger partial charge on any atom is 0.130 e. The molecule has 1 rings (SSSR count). The van der Waals surface area contributed by atoms with Crippen LogP contribution in [0.1, 0.15) is 12.5 Å². The van der Waals surface area contributed by atoms with Crippen molar-refractivity contribution >= 4 is 5.57 Å². The Morgan fingerprint density at radius 2 is 2.17 bits per heavy atom. The lowest BCUT2D eigenvalue weighted by atomic mass is 10.1. The number of hydrogen-bond donors (Lipinski definition) is 0. The van der Waals surface area contributed by atoms with Crippen LogP contribution in [-0.4, -0.2) is 0 Å². The molecular formula is C10H8FN. The Morgan fingerprint density at radius 1 is 1.50 bits per heavy atom. The monoisotopic (exact) mass is 161 g/mol. The van der Waals surface area contributed by atoms with Crippen LogP contribution in [0.3, 0.4) is 0 Å². The van der Waals surface area contributed by atoms with Crippen molar-refractivity contribution in [1.29, 1.82) is 5.26 Å². The first-order chi connectivity index (χ1) is 5.75. The zero-order valence-corrected chi connectivity index (χ0v) is 6.71. The standard InChI is InChI=1S/C10H8FN/c1-8(6-7-12)9-4-2-3-5-10(9)11/h2-6H,1H3/b8-6+. The van der Waals surface area contributed by atoms with E-state index in [9.17, 15) is 4.39 Å². The summed E-state index contributed by atoms with van der Waals surface area (Å²) in [6, 6.07) is 8.26. The lowest BCUT2D eigenvalue weighted by molar-refractivity contribution is 0.624. The number of hydrogen-bond acceptors (Lipinski definition) is 1. The maximum atomic E-state index is 13.0. The van der Waals surface area contributed by atoms with E-state index in [1.54, 1.807) is 25.1 Å². The fourth-order valence-electron chi connectivity index (χ4n) is 0.956. The Balaban J connectivity index is 3.13. The average molecular weight is 161 g/mol. The Hall–Kier alpha value is -1.62. The third-order valence-electron chi connectivity index (χ3n) is 1.58.